The van der Waals surface area contributed by atoms with Gasteiger partial charge < -0.3 is 10.6 Å². The van der Waals surface area contributed by atoms with Gasteiger partial charge in [0.15, 0.2) is 0 Å². The number of rotatable bonds is 9. The van der Waals surface area contributed by atoms with E-state index in [2.05, 4.69) is 38.3 Å². The molecule has 2 unspecified atom stereocenters. The van der Waals surface area contributed by atoms with E-state index in [9.17, 15) is 13.2 Å². The zero-order chi connectivity index (χ0) is 19.1. The van der Waals surface area contributed by atoms with Gasteiger partial charge in [-0.15, -0.1) is 0 Å². The minimum Gasteiger partial charge on any atom is -0.338 e. The van der Waals surface area contributed by atoms with Gasteiger partial charge in [-0.3, -0.25) is 4.55 Å². The zero-order valence-corrected chi connectivity index (χ0v) is 16.3. The second-order valence-corrected chi connectivity index (χ2v) is 8.27. The molecule has 0 aromatic heterocycles. The molecule has 0 heterocycles. The van der Waals surface area contributed by atoms with E-state index in [4.69, 9.17) is 4.55 Å². The maximum atomic E-state index is 12.0. The van der Waals surface area contributed by atoms with Gasteiger partial charge in [0.05, 0.1) is 4.90 Å². The molecular formula is C18H30N2O4S. The van der Waals surface area contributed by atoms with Crippen molar-refractivity contribution in [2.75, 3.05) is 11.9 Å². The predicted molar refractivity (Wildman–Crippen MR) is 100 cm³/mol. The van der Waals surface area contributed by atoms with Gasteiger partial charge >= 0.3 is 6.03 Å². The Morgan fingerprint density at radius 1 is 1.24 bits per heavy atom. The molecule has 0 aliphatic rings. The summed E-state index contributed by atoms with van der Waals surface area (Å²) in [6.07, 6.45) is 4.55. The van der Waals surface area contributed by atoms with Crippen LogP contribution in [0.3, 0.4) is 0 Å². The van der Waals surface area contributed by atoms with Crippen LogP contribution in [0.2, 0.25) is 0 Å². The molecule has 3 N–H and O–H groups in total. The first-order valence-electron chi connectivity index (χ1n) is 8.74. The van der Waals surface area contributed by atoms with Crippen LogP contribution in [0.5, 0.6) is 0 Å². The number of carbonyl (C=O) groups is 1. The van der Waals surface area contributed by atoms with E-state index in [1.807, 2.05) is 0 Å². The van der Waals surface area contributed by atoms with Gasteiger partial charge in [-0.05, 0) is 42.0 Å². The lowest BCUT2D eigenvalue weighted by Gasteiger charge is -2.35. The third-order valence-electron chi connectivity index (χ3n) is 5.08. The molecule has 0 fully saturated rings. The molecule has 0 aliphatic carbocycles. The van der Waals surface area contributed by atoms with E-state index in [0.717, 1.165) is 19.3 Å². The Kier molecular flexibility index (Phi) is 7.89. The Bertz CT molecular complexity index is 658. The van der Waals surface area contributed by atoms with Crippen molar-refractivity contribution in [3.63, 3.8) is 0 Å². The molecule has 0 saturated carbocycles. The first-order valence-corrected chi connectivity index (χ1v) is 10.2. The highest BCUT2D eigenvalue weighted by Crippen LogP contribution is 2.36. The number of urea groups is 1. The van der Waals surface area contributed by atoms with Crippen molar-refractivity contribution < 1.29 is 17.8 Å². The molecule has 25 heavy (non-hydrogen) atoms. The standard InChI is InChI=1S/C18H30N2O4S/c1-5-7-12-18(4,6-2)14(3)13-19-17(21)20-15-8-10-16(11-9-15)25(22,23)24/h8-11,14H,5-7,12-13H2,1-4H3,(H2,19,20,21)(H,22,23,24). The van der Waals surface area contributed by atoms with Gasteiger partial charge in [-0.25, -0.2) is 4.79 Å². The Morgan fingerprint density at radius 2 is 1.84 bits per heavy atom. The molecule has 2 atom stereocenters. The average Bonchev–Trinajstić information content (AvgIpc) is 2.57. The third-order valence-corrected chi connectivity index (χ3v) is 5.95. The van der Waals surface area contributed by atoms with Gasteiger partial charge in [-0.1, -0.05) is 47.0 Å². The van der Waals surface area contributed by atoms with E-state index in [1.165, 1.54) is 30.7 Å². The Balaban J connectivity index is 2.56. The highest BCUT2D eigenvalue weighted by Gasteiger charge is 2.28. The number of nitrogens with one attached hydrogen (secondary N) is 2. The summed E-state index contributed by atoms with van der Waals surface area (Å²) in [4.78, 5) is 11.8. The lowest BCUT2D eigenvalue weighted by Crippen LogP contribution is -2.38. The predicted octanol–water partition coefficient (Wildman–Crippen LogP) is 4.30. The summed E-state index contributed by atoms with van der Waals surface area (Å²) in [7, 11) is -4.22. The average molecular weight is 371 g/mol. The fourth-order valence-corrected chi connectivity index (χ4v) is 3.21. The fraction of sp³-hybridized carbons (Fsp3) is 0.611. The van der Waals surface area contributed by atoms with Crippen molar-refractivity contribution in [2.24, 2.45) is 11.3 Å². The summed E-state index contributed by atoms with van der Waals surface area (Å²) >= 11 is 0. The molecule has 0 spiro atoms. The normalized spacial score (nSPS) is 15.2. The Morgan fingerprint density at radius 3 is 2.32 bits per heavy atom. The van der Waals surface area contributed by atoms with Gasteiger partial charge in [0.2, 0.25) is 0 Å². The smallest absolute Gasteiger partial charge is 0.319 e. The van der Waals surface area contributed by atoms with Crippen LogP contribution in [-0.2, 0) is 10.1 Å². The van der Waals surface area contributed by atoms with Crippen LogP contribution in [0, 0.1) is 11.3 Å². The van der Waals surface area contributed by atoms with E-state index in [1.54, 1.807) is 0 Å². The van der Waals surface area contributed by atoms with Crippen molar-refractivity contribution in [3.05, 3.63) is 24.3 Å². The molecule has 1 aromatic rings. The number of unbranched alkanes of at least 4 members (excludes halogenated alkanes) is 1. The van der Waals surface area contributed by atoms with Crippen molar-refractivity contribution in [1.82, 2.24) is 5.32 Å². The minimum atomic E-state index is -4.22. The quantitative estimate of drug-likeness (QED) is 0.565. The second kappa shape index (κ2) is 9.20. The first kappa shape index (κ1) is 21.4. The molecule has 0 radical (unpaired) electrons. The number of hydrogen-bond donors (Lipinski definition) is 3. The van der Waals surface area contributed by atoms with E-state index in [-0.39, 0.29) is 16.3 Å². The summed E-state index contributed by atoms with van der Waals surface area (Å²) in [6.45, 7) is 9.35. The summed E-state index contributed by atoms with van der Waals surface area (Å²) < 4.78 is 30.9. The van der Waals surface area contributed by atoms with Crippen LogP contribution < -0.4 is 10.6 Å². The van der Waals surface area contributed by atoms with Crippen LogP contribution in [0.1, 0.15) is 53.4 Å². The third kappa shape index (κ3) is 6.66. The van der Waals surface area contributed by atoms with Crippen LogP contribution in [0.4, 0.5) is 10.5 Å². The molecule has 2 amide bonds. The number of hydrogen-bond acceptors (Lipinski definition) is 3. The highest BCUT2D eigenvalue weighted by molar-refractivity contribution is 7.85. The number of amides is 2. The second-order valence-electron chi connectivity index (χ2n) is 6.85. The lowest BCUT2D eigenvalue weighted by atomic mass is 9.72. The molecule has 7 heteroatoms. The molecule has 6 nitrogen and oxygen atoms in total. The maximum absolute atomic E-state index is 12.0. The minimum absolute atomic E-state index is 0.195. The zero-order valence-electron chi connectivity index (χ0n) is 15.5. The molecule has 0 bridgehead atoms. The van der Waals surface area contributed by atoms with Crippen LogP contribution >= 0.6 is 0 Å². The molecule has 1 rings (SSSR count). The fourth-order valence-electron chi connectivity index (χ4n) is 2.73. The number of carbonyl (C=O) groups excluding carboxylic acids is 1. The Hall–Kier alpha value is -1.60. The van der Waals surface area contributed by atoms with E-state index in [0.29, 0.717) is 18.2 Å². The van der Waals surface area contributed by atoms with Gasteiger partial charge in [0, 0.05) is 12.2 Å². The summed E-state index contributed by atoms with van der Waals surface area (Å²) in [5.74, 6) is 0.344. The summed E-state index contributed by atoms with van der Waals surface area (Å²) in [5, 5.41) is 5.54. The molecular weight excluding hydrogens is 340 g/mol. The molecule has 142 valence electrons. The largest absolute Gasteiger partial charge is 0.338 e. The lowest BCUT2D eigenvalue weighted by molar-refractivity contribution is 0.167. The SMILES string of the molecule is CCCCC(C)(CC)C(C)CNC(=O)Nc1ccc(S(=O)(=O)O)cc1. The topological polar surface area (TPSA) is 95.5 Å². The number of anilines is 1. The summed E-state index contributed by atoms with van der Waals surface area (Å²) in [6, 6.07) is 5.02. The monoisotopic (exact) mass is 370 g/mol. The molecule has 0 aliphatic heterocycles. The van der Waals surface area contributed by atoms with E-state index < -0.39 is 10.1 Å². The van der Waals surface area contributed by atoms with E-state index >= 15 is 0 Å². The highest BCUT2D eigenvalue weighted by atomic mass is 32.2. The van der Waals surface area contributed by atoms with Crippen molar-refractivity contribution >= 4 is 21.8 Å². The molecule has 1 aromatic carbocycles. The van der Waals surface area contributed by atoms with Gasteiger partial charge in [0.1, 0.15) is 0 Å². The first-order chi connectivity index (χ1) is 11.6. The van der Waals surface area contributed by atoms with Crippen LogP contribution in [0.15, 0.2) is 29.2 Å². The van der Waals surface area contributed by atoms with Crippen LogP contribution in [0.25, 0.3) is 0 Å². The van der Waals surface area contributed by atoms with Crippen molar-refractivity contribution in [2.45, 2.75) is 58.3 Å². The number of benzene rings is 1. The summed E-state index contributed by atoms with van der Waals surface area (Å²) in [5.41, 5.74) is 0.655. The maximum Gasteiger partial charge on any atom is 0.319 e. The Labute approximate surface area is 151 Å². The van der Waals surface area contributed by atoms with Crippen LogP contribution in [-0.4, -0.2) is 25.5 Å². The van der Waals surface area contributed by atoms with Gasteiger partial charge in [0.25, 0.3) is 10.1 Å². The molecule has 0 saturated heterocycles. The van der Waals surface area contributed by atoms with Crippen molar-refractivity contribution in [1.29, 1.82) is 0 Å². The van der Waals surface area contributed by atoms with Crippen molar-refractivity contribution in [3.8, 4) is 0 Å². The van der Waals surface area contributed by atoms with Gasteiger partial charge in [-0.2, -0.15) is 8.42 Å².